The molecular weight excluding hydrogens is 401 g/mol. The van der Waals surface area contributed by atoms with Gasteiger partial charge in [-0.05, 0) is 49.6 Å². The van der Waals surface area contributed by atoms with Crippen molar-refractivity contribution in [3.63, 3.8) is 0 Å². The maximum atomic E-state index is 12.6. The number of urea groups is 1. The lowest BCUT2D eigenvalue weighted by molar-refractivity contribution is -0.274. The fourth-order valence-electron chi connectivity index (χ4n) is 3.40. The molecule has 30 heavy (non-hydrogen) atoms. The number of hydrogen-bond acceptors (Lipinski definition) is 4. The summed E-state index contributed by atoms with van der Waals surface area (Å²) in [7, 11) is 0. The second-order valence-electron chi connectivity index (χ2n) is 6.95. The van der Waals surface area contributed by atoms with E-state index in [1.807, 2.05) is 6.92 Å². The van der Waals surface area contributed by atoms with Crippen molar-refractivity contribution < 1.29 is 32.5 Å². The number of halogens is 3. The number of likely N-dealkylation sites (tertiary alicyclic amines) is 1. The fraction of sp³-hybridized carbons (Fsp3) is 0.381. The zero-order valence-electron chi connectivity index (χ0n) is 16.4. The summed E-state index contributed by atoms with van der Waals surface area (Å²) < 4.78 is 46.8. The highest BCUT2D eigenvalue weighted by molar-refractivity contribution is 5.91. The third-order valence-corrected chi connectivity index (χ3v) is 4.91. The molecule has 0 aromatic heterocycles. The third kappa shape index (κ3) is 5.35. The Bertz CT molecular complexity index is 881. The van der Waals surface area contributed by atoms with Crippen LogP contribution in [0.25, 0.3) is 0 Å². The Hall–Kier alpha value is -2.94. The quantitative estimate of drug-likeness (QED) is 0.742. The van der Waals surface area contributed by atoms with Gasteiger partial charge in [-0.1, -0.05) is 24.3 Å². The Labute approximate surface area is 172 Å². The molecule has 2 aromatic carbocycles. The number of hydrogen-bond donors (Lipinski definition) is 2. The number of carbonyl (C=O) groups is 1. The van der Waals surface area contributed by atoms with Gasteiger partial charge in [-0.3, -0.25) is 0 Å². The highest BCUT2D eigenvalue weighted by Gasteiger charge is 2.37. The Morgan fingerprint density at radius 1 is 1.17 bits per heavy atom. The average Bonchev–Trinajstić information content (AvgIpc) is 2.69. The summed E-state index contributed by atoms with van der Waals surface area (Å²) >= 11 is 0. The molecule has 1 aliphatic heterocycles. The van der Waals surface area contributed by atoms with Crippen molar-refractivity contribution in [3.05, 3.63) is 54.1 Å². The number of para-hydroxylation sites is 2. The number of anilines is 1. The van der Waals surface area contributed by atoms with E-state index in [0.29, 0.717) is 23.6 Å². The Kier molecular flexibility index (Phi) is 6.40. The second-order valence-corrected chi connectivity index (χ2v) is 6.95. The topological polar surface area (TPSA) is 71.0 Å². The third-order valence-electron chi connectivity index (χ3n) is 4.91. The smallest absolute Gasteiger partial charge is 0.492 e. The van der Waals surface area contributed by atoms with Gasteiger partial charge in [-0.2, -0.15) is 0 Å². The van der Waals surface area contributed by atoms with Gasteiger partial charge in [-0.25, -0.2) is 4.79 Å². The number of amides is 2. The monoisotopic (exact) mass is 424 g/mol. The molecule has 0 unspecified atom stereocenters. The molecule has 9 heteroatoms. The molecule has 3 rings (SSSR count). The van der Waals surface area contributed by atoms with Crippen LogP contribution in [0.15, 0.2) is 48.5 Å². The first-order valence-corrected chi connectivity index (χ1v) is 9.56. The average molecular weight is 424 g/mol. The molecule has 1 heterocycles. The van der Waals surface area contributed by atoms with Crippen LogP contribution in [0.3, 0.4) is 0 Å². The molecule has 6 nitrogen and oxygen atoms in total. The van der Waals surface area contributed by atoms with E-state index in [1.165, 1.54) is 18.2 Å². The maximum Gasteiger partial charge on any atom is 0.573 e. The number of ether oxygens (including phenoxy) is 2. The number of alkyl halides is 3. The molecule has 2 N–H and O–H groups in total. The second kappa shape index (κ2) is 8.83. The lowest BCUT2D eigenvalue weighted by Gasteiger charge is -2.38. The Morgan fingerprint density at radius 3 is 2.53 bits per heavy atom. The van der Waals surface area contributed by atoms with Crippen molar-refractivity contribution in [3.8, 4) is 11.5 Å². The van der Waals surface area contributed by atoms with Crippen LogP contribution in [0, 0.1) is 0 Å². The van der Waals surface area contributed by atoms with Crippen molar-refractivity contribution >= 4 is 11.7 Å². The van der Waals surface area contributed by atoms with Crippen LogP contribution in [0.1, 0.15) is 25.3 Å². The van der Waals surface area contributed by atoms with Gasteiger partial charge in [0, 0.05) is 13.1 Å². The van der Waals surface area contributed by atoms with Gasteiger partial charge in [0.15, 0.2) is 0 Å². The minimum absolute atomic E-state index is 0.184. The molecule has 0 atom stereocenters. The van der Waals surface area contributed by atoms with E-state index in [4.69, 9.17) is 4.74 Å². The number of benzene rings is 2. The minimum atomic E-state index is -4.81. The number of nitrogens with one attached hydrogen (secondary N) is 1. The number of carbonyl (C=O) groups excluding carboxylic acids is 1. The summed E-state index contributed by atoms with van der Waals surface area (Å²) in [5.41, 5.74) is -0.474. The lowest BCUT2D eigenvalue weighted by Crippen LogP contribution is -2.46. The van der Waals surface area contributed by atoms with Crippen molar-refractivity contribution in [2.24, 2.45) is 0 Å². The number of aliphatic hydroxyl groups is 1. The number of rotatable bonds is 5. The van der Waals surface area contributed by atoms with Gasteiger partial charge >= 0.3 is 12.4 Å². The molecule has 0 radical (unpaired) electrons. The zero-order valence-corrected chi connectivity index (χ0v) is 16.4. The van der Waals surface area contributed by atoms with Crippen LogP contribution in [-0.2, 0) is 5.60 Å². The summed E-state index contributed by atoms with van der Waals surface area (Å²) in [5, 5.41) is 13.8. The van der Waals surface area contributed by atoms with Crippen molar-refractivity contribution in [2.45, 2.75) is 31.7 Å². The van der Waals surface area contributed by atoms with Crippen LogP contribution in [-0.4, -0.2) is 42.1 Å². The molecule has 1 fully saturated rings. The maximum absolute atomic E-state index is 12.6. The molecule has 0 aliphatic carbocycles. The normalized spacial score (nSPS) is 16.1. The highest BCUT2D eigenvalue weighted by atomic mass is 19.4. The van der Waals surface area contributed by atoms with Gasteiger partial charge in [0.2, 0.25) is 0 Å². The summed E-state index contributed by atoms with van der Waals surface area (Å²) in [5.74, 6) is 0.171. The van der Waals surface area contributed by atoms with E-state index in [0.717, 1.165) is 0 Å². The molecule has 0 saturated carbocycles. The summed E-state index contributed by atoms with van der Waals surface area (Å²) in [6.07, 6.45) is -4.44. The first-order valence-electron chi connectivity index (χ1n) is 9.56. The van der Waals surface area contributed by atoms with Gasteiger partial charge in [-0.15, -0.1) is 13.2 Å². The predicted octanol–water partition coefficient (Wildman–Crippen LogP) is 4.50. The van der Waals surface area contributed by atoms with Gasteiger partial charge in [0.25, 0.3) is 0 Å². The van der Waals surface area contributed by atoms with Crippen molar-refractivity contribution in [2.75, 3.05) is 25.0 Å². The summed E-state index contributed by atoms with van der Waals surface area (Å²) in [4.78, 5) is 14.2. The summed E-state index contributed by atoms with van der Waals surface area (Å²) in [6.45, 7) is 2.78. The SMILES string of the molecule is CCOc1ccccc1NC(=O)N1CCC(O)(c2cccc(OC(F)(F)F)c2)CC1. The first kappa shape index (κ1) is 21.8. The summed E-state index contributed by atoms with van der Waals surface area (Å²) in [6, 6.07) is 12.1. The van der Waals surface area contributed by atoms with Crippen molar-refractivity contribution in [1.82, 2.24) is 4.90 Å². The van der Waals surface area contributed by atoms with Gasteiger partial charge in [0.05, 0.1) is 17.9 Å². The van der Waals surface area contributed by atoms with E-state index < -0.39 is 12.0 Å². The molecule has 2 amide bonds. The van der Waals surface area contributed by atoms with Crippen LogP contribution in [0.2, 0.25) is 0 Å². The predicted molar refractivity (Wildman–Crippen MR) is 104 cm³/mol. The zero-order chi connectivity index (χ0) is 21.8. The first-order chi connectivity index (χ1) is 14.2. The standard InChI is InChI=1S/C21H23F3N2O4/c1-2-29-18-9-4-3-8-17(18)25-19(27)26-12-10-20(28,11-13-26)15-6-5-7-16(14-15)30-21(22,23)24/h3-9,14,28H,2,10-13H2,1H3,(H,25,27). The Morgan fingerprint density at radius 2 is 1.87 bits per heavy atom. The number of nitrogens with zero attached hydrogens (tertiary/aromatic N) is 1. The molecule has 162 valence electrons. The highest BCUT2D eigenvalue weighted by Crippen LogP contribution is 2.35. The molecule has 0 bridgehead atoms. The molecule has 1 aliphatic rings. The van der Waals surface area contributed by atoms with E-state index >= 15 is 0 Å². The molecular formula is C21H23F3N2O4. The van der Waals surface area contributed by atoms with Crippen LogP contribution < -0.4 is 14.8 Å². The Balaban J connectivity index is 1.64. The largest absolute Gasteiger partial charge is 0.573 e. The van der Waals surface area contributed by atoms with Gasteiger partial charge in [0.1, 0.15) is 11.5 Å². The van der Waals surface area contributed by atoms with E-state index in [9.17, 15) is 23.1 Å². The van der Waals surface area contributed by atoms with E-state index in [-0.39, 0.29) is 37.7 Å². The number of piperidine rings is 1. The molecule has 0 spiro atoms. The lowest BCUT2D eigenvalue weighted by atomic mass is 9.84. The van der Waals surface area contributed by atoms with E-state index in [2.05, 4.69) is 10.1 Å². The minimum Gasteiger partial charge on any atom is -0.492 e. The van der Waals surface area contributed by atoms with Crippen molar-refractivity contribution in [1.29, 1.82) is 0 Å². The van der Waals surface area contributed by atoms with E-state index in [1.54, 1.807) is 35.2 Å². The molecule has 2 aromatic rings. The van der Waals surface area contributed by atoms with Crippen LogP contribution in [0.4, 0.5) is 23.7 Å². The van der Waals surface area contributed by atoms with Crippen LogP contribution in [0.5, 0.6) is 11.5 Å². The van der Waals surface area contributed by atoms with Gasteiger partial charge < -0.3 is 24.8 Å². The fourth-order valence-corrected chi connectivity index (χ4v) is 3.40. The van der Waals surface area contributed by atoms with Crippen LogP contribution >= 0.6 is 0 Å². The molecule has 1 saturated heterocycles.